The zero-order chi connectivity index (χ0) is 12.4. The van der Waals surface area contributed by atoms with Gasteiger partial charge < -0.3 is 10.8 Å². The standard InChI is InChI=1S/C12H13N3O2/c1-7-11(12(16)17)10(15-14-7)6-8-4-2-3-5-9(8)13/h2-5H,6,13H2,1H3,(H,14,15)(H,16,17). The van der Waals surface area contributed by atoms with Crippen LogP contribution in [0.2, 0.25) is 0 Å². The highest BCUT2D eigenvalue weighted by atomic mass is 16.4. The number of nitrogens with zero attached hydrogens (tertiary/aromatic N) is 1. The fourth-order valence-electron chi connectivity index (χ4n) is 1.77. The molecule has 0 aliphatic carbocycles. The number of carboxylic acid groups (broad SMARTS) is 1. The lowest BCUT2D eigenvalue weighted by Crippen LogP contribution is -2.04. The van der Waals surface area contributed by atoms with Crippen molar-refractivity contribution in [3.63, 3.8) is 0 Å². The van der Waals surface area contributed by atoms with E-state index in [4.69, 9.17) is 10.8 Å². The number of aromatic amines is 1. The molecule has 0 radical (unpaired) electrons. The van der Waals surface area contributed by atoms with Crippen molar-refractivity contribution in [1.82, 2.24) is 10.2 Å². The molecule has 0 fully saturated rings. The Morgan fingerprint density at radius 3 is 2.82 bits per heavy atom. The van der Waals surface area contributed by atoms with Crippen molar-refractivity contribution in [2.45, 2.75) is 13.3 Å². The summed E-state index contributed by atoms with van der Waals surface area (Å²) in [5.74, 6) is -0.972. The Labute approximate surface area is 98.3 Å². The molecule has 0 saturated heterocycles. The zero-order valence-corrected chi connectivity index (χ0v) is 9.40. The van der Waals surface area contributed by atoms with Gasteiger partial charge in [-0.3, -0.25) is 5.10 Å². The van der Waals surface area contributed by atoms with Gasteiger partial charge in [0.2, 0.25) is 0 Å². The van der Waals surface area contributed by atoms with E-state index in [2.05, 4.69) is 10.2 Å². The topological polar surface area (TPSA) is 92.0 Å². The summed E-state index contributed by atoms with van der Waals surface area (Å²) in [7, 11) is 0. The van der Waals surface area contributed by atoms with E-state index < -0.39 is 5.97 Å². The van der Waals surface area contributed by atoms with E-state index in [9.17, 15) is 4.79 Å². The van der Waals surface area contributed by atoms with Crippen LogP contribution in [0, 0.1) is 6.92 Å². The van der Waals surface area contributed by atoms with E-state index in [1.54, 1.807) is 13.0 Å². The molecule has 1 heterocycles. The number of H-pyrrole nitrogens is 1. The number of rotatable bonds is 3. The molecule has 0 aliphatic rings. The van der Waals surface area contributed by atoms with Gasteiger partial charge in [0.15, 0.2) is 0 Å². The highest BCUT2D eigenvalue weighted by molar-refractivity contribution is 5.90. The molecule has 2 rings (SSSR count). The number of hydrogen-bond donors (Lipinski definition) is 3. The Hall–Kier alpha value is -2.30. The van der Waals surface area contributed by atoms with Crippen molar-refractivity contribution in [2.75, 3.05) is 5.73 Å². The molecule has 0 atom stereocenters. The fourth-order valence-corrected chi connectivity index (χ4v) is 1.77. The summed E-state index contributed by atoms with van der Waals surface area (Å²) in [6, 6.07) is 7.36. The second kappa shape index (κ2) is 4.29. The highest BCUT2D eigenvalue weighted by Gasteiger charge is 2.17. The Kier molecular flexibility index (Phi) is 2.82. The van der Waals surface area contributed by atoms with Gasteiger partial charge in [0, 0.05) is 17.8 Å². The van der Waals surface area contributed by atoms with Crippen LogP contribution in [0.4, 0.5) is 5.69 Å². The van der Waals surface area contributed by atoms with Crippen molar-refractivity contribution in [2.24, 2.45) is 0 Å². The van der Waals surface area contributed by atoms with E-state index in [0.717, 1.165) is 5.56 Å². The predicted octanol–water partition coefficient (Wildman–Crippen LogP) is 1.59. The monoisotopic (exact) mass is 231 g/mol. The van der Waals surface area contributed by atoms with Gasteiger partial charge in [-0.2, -0.15) is 5.10 Å². The maximum absolute atomic E-state index is 11.1. The first-order chi connectivity index (χ1) is 8.09. The smallest absolute Gasteiger partial charge is 0.339 e. The minimum Gasteiger partial charge on any atom is -0.478 e. The first kappa shape index (κ1) is 11.2. The third-order valence-corrected chi connectivity index (χ3v) is 2.65. The number of para-hydroxylation sites is 1. The molecule has 0 saturated carbocycles. The molecule has 0 aliphatic heterocycles. The van der Waals surface area contributed by atoms with E-state index in [1.165, 1.54) is 0 Å². The van der Waals surface area contributed by atoms with Gasteiger partial charge in [0.25, 0.3) is 0 Å². The van der Waals surface area contributed by atoms with Gasteiger partial charge >= 0.3 is 5.97 Å². The molecular formula is C12H13N3O2. The van der Waals surface area contributed by atoms with Crippen molar-refractivity contribution in [3.8, 4) is 0 Å². The van der Waals surface area contributed by atoms with Crippen LogP contribution < -0.4 is 5.73 Å². The van der Waals surface area contributed by atoms with E-state index in [-0.39, 0.29) is 5.56 Å². The molecule has 0 unspecified atom stereocenters. The third kappa shape index (κ3) is 2.13. The van der Waals surface area contributed by atoms with Crippen LogP contribution in [0.5, 0.6) is 0 Å². The predicted molar refractivity (Wildman–Crippen MR) is 63.9 cm³/mol. The lowest BCUT2D eigenvalue weighted by Gasteiger charge is -2.03. The summed E-state index contributed by atoms with van der Waals surface area (Å²) >= 11 is 0. The molecule has 5 nitrogen and oxygen atoms in total. The first-order valence-electron chi connectivity index (χ1n) is 5.20. The van der Waals surface area contributed by atoms with Crippen molar-refractivity contribution in [3.05, 3.63) is 46.8 Å². The van der Waals surface area contributed by atoms with Gasteiger partial charge in [-0.15, -0.1) is 0 Å². The minimum absolute atomic E-state index is 0.230. The molecule has 1 aromatic carbocycles. The average molecular weight is 231 g/mol. The number of anilines is 1. The molecule has 0 bridgehead atoms. The molecular weight excluding hydrogens is 218 g/mol. The van der Waals surface area contributed by atoms with Crippen molar-refractivity contribution in [1.29, 1.82) is 0 Å². The molecule has 5 heteroatoms. The SMILES string of the molecule is Cc1[nH]nc(Cc2ccccc2N)c1C(=O)O. The Morgan fingerprint density at radius 2 is 2.18 bits per heavy atom. The number of hydrogen-bond acceptors (Lipinski definition) is 3. The maximum Gasteiger partial charge on any atom is 0.339 e. The Bertz CT molecular complexity index is 561. The van der Waals surface area contributed by atoms with Crippen molar-refractivity contribution < 1.29 is 9.90 Å². The van der Waals surface area contributed by atoms with Crippen molar-refractivity contribution >= 4 is 11.7 Å². The molecule has 17 heavy (non-hydrogen) atoms. The number of carbonyl (C=O) groups is 1. The van der Waals surface area contributed by atoms with Gasteiger partial charge in [-0.05, 0) is 18.6 Å². The minimum atomic E-state index is -0.972. The quantitative estimate of drug-likeness (QED) is 0.699. The Morgan fingerprint density at radius 1 is 1.47 bits per heavy atom. The average Bonchev–Trinajstić information content (AvgIpc) is 2.63. The molecule has 0 amide bonds. The van der Waals surface area contributed by atoms with Crippen LogP contribution in [0.3, 0.4) is 0 Å². The molecule has 1 aromatic heterocycles. The molecule has 0 spiro atoms. The van der Waals surface area contributed by atoms with Crippen LogP contribution in [-0.2, 0) is 6.42 Å². The van der Waals surface area contributed by atoms with Crippen LogP contribution in [0.15, 0.2) is 24.3 Å². The number of carboxylic acids is 1. The molecule has 88 valence electrons. The van der Waals surface area contributed by atoms with Crippen LogP contribution in [-0.4, -0.2) is 21.3 Å². The summed E-state index contributed by atoms with van der Waals surface area (Å²) in [6.45, 7) is 1.69. The first-order valence-corrected chi connectivity index (χ1v) is 5.20. The van der Waals surface area contributed by atoms with Crippen LogP contribution in [0.1, 0.15) is 27.3 Å². The second-order valence-corrected chi connectivity index (χ2v) is 3.85. The second-order valence-electron chi connectivity index (χ2n) is 3.85. The number of aryl methyl sites for hydroxylation is 1. The molecule has 4 N–H and O–H groups in total. The summed E-state index contributed by atoms with van der Waals surface area (Å²) in [6.07, 6.45) is 0.415. The van der Waals surface area contributed by atoms with Gasteiger partial charge in [0.05, 0.1) is 5.69 Å². The summed E-state index contributed by atoms with van der Waals surface area (Å²) in [4.78, 5) is 11.1. The van der Waals surface area contributed by atoms with Crippen LogP contribution in [0.25, 0.3) is 0 Å². The zero-order valence-electron chi connectivity index (χ0n) is 9.40. The van der Waals surface area contributed by atoms with Gasteiger partial charge in [-0.25, -0.2) is 4.79 Å². The third-order valence-electron chi connectivity index (χ3n) is 2.65. The summed E-state index contributed by atoms with van der Waals surface area (Å²) < 4.78 is 0. The lowest BCUT2D eigenvalue weighted by atomic mass is 10.0. The van der Waals surface area contributed by atoms with E-state index in [0.29, 0.717) is 23.5 Å². The summed E-state index contributed by atoms with van der Waals surface area (Å²) in [5.41, 5.74) is 8.63. The lowest BCUT2D eigenvalue weighted by molar-refractivity contribution is 0.0695. The fraction of sp³-hybridized carbons (Fsp3) is 0.167. The van der Waals surface area contributed by atoms with E-state index in [1.807, 2.05) is 18.2 Å². The Balaban J connectivity index is 2.37. The highest BCUT2D eigenvalue weighted by Crippen LogP contribution is 2.18. The number of benzene rings is 1. The number of nitrogens with two attached hydrogens (primary N) is 1. The number of nitrogens with one attached hydrogen (secondary N) is 1. The normalized spacial score (nSPS) is 10.4. The maximum atomic E-state index is 11.1. The largest absolute Gasteiger partial charge is 0.478 e. The van der Waals surface area contributed by atoms with Gasteiger partial charge in [0.1, 0.15) is 5.56 Å². The number of aromatic carboxylic acids is 1. The van der Waals surface area contributed by atoms with Crippen LogP contribution >= 0.6 is 0 Å². The van der Waals surface area contributed by atoms with E-state index >= 15 is 0 Å². The van der Waals surface area contributed by atoms with Gasteiger partial charge in [-0.1, -0.05) is 18.2 Å². The summed E-state index contributed by atoms with van der Waals surface area (Å²) in [5, 5.41) is 15.8. The number of aromatic nitrogens is 2. The molecule has 2 aromatic rings. The number of nitrogen functional groups attached to an aromatic ring is 1.